The second kappa shape index (κ2) is 10.2. The van der Waals surface area contributed by atoms with Gasteiger partial charge in [-0.25, -0.2) is 0 Å². The quantitative estimate of drug-likeness (QED) is 0.819. The molecule has 23 heavy (non-hydrogen) atoms. The summed E-state index contributed by atoms with van der Waals surface area (Å²) in [5.74, 6) is 0.565. The Labute approximate surface area is 144 Å². The first-order valence-electron chi connectivity index (χ1n) is 7.92. The van der Waals surface area contributed by atoms with Crippen LogP contribution in [0.4, 0.5) is 0 Å². The molecule has 1 aliphatic rings. The smallest absolute Gasteiger partial charge is 0.241 e. The summed E-state index contributed by atoms with van der Waals surface area (Å²) in [7, 11) is 1.96. The summed E-state index contributed by atoms with van der Waals surface area (Å²) < 4.78 is 0. The Hall–Kier alpha value is -1.59. The van der Waals surface area contributed by atoms with Crippen molar-refractivity contribution in [3.05, 3.63) is 35.9 Å². The van der Waals surface area contributed by atoms with Crippen molar-refractivity contribution in [3.63, 3.8) is 0 Å². The number of benzene rings is 1. The van der Waals surface area contributed by atoms with Gasteiger partial charge in [-0.3, -0.25) is 9.59 Å². The molecule has 0 radical (unpaired) electrons. The van der Waals surface area contributed by atoms with Gasteiger partial charge in [-0.1, -0.05) is 30.3 Å². The van der Waals surface area contributed by atoms with Gasteiger partial charge in [-0.15, -0.1) is 12.4 Å². The summed E-state index contributed by atoms with van der Waals surface area (Å²) in [6.07, 6.45) is 2.38. The van der Waals surface area contributed by atoms with E-state index in [-0.39, 0.29) is 30.8 Å². The zero-order valence-electron chi connectivity index (χ0n) is 13.6. The van der Waals surface area contributed by atoms with E-state index in [0.29, 0.717) is 12.3 Å². The lowest BCUT2D eigenvalue weighted by atomic mass is 9.97. The van der Waals surface area contributed by atoms with Crippen molar-refractivity contribution in [1.29, 1.82) is 0 Å². The molecule has 0 spiro atoms. The summed E-state index contributed by atoms with van der Waals surface area (Å²) >= 11 is 0. The molecule has 0 bridgehead atoms. The van der Waals surface area contributed by atoms with Crippen LogP contribution in [-0.2, 0) is 16.0 Å². The van der Waals surface area contributed by atoms with Crippen molar-refractivity contribution >= 4 is 24.2 Å². The first kappa shape index (κ1) is 19.5. The number of amides is 2. The van der Waals surface area contributed by atoms with Gasteiger partial charge in [0.2, 0.25) is 11.8 Å². The van der Waals surface area contributed by atoms with Gasteiger partial charge in [-0.2, -0.15) is 0 Å². The van der Waals surface area contributed by atoms with Crippen LogP contribution < -0.4 is 10.6 Å². The van der Waals surface area contributed by atoms with Gasteiger partial charge in [0, 0.05) is 13.1 Å². The normalized spacial score (nSPS) is 14.9. The van der Waals surface area contributed by atoms with Crippen LogP contribution in [-0.4, -0.2) is 49.9 Å². The fourth-order valence-electron chi connectivity index (χ4n) is 2.80. The third-order valence-corrected chi connectivity index (χ3v) is 4.10. The second-order valence-corrected chi connectivity index (χ2v) is 5.82. The van der Waals surface area contributed by atoms with Crippen LogP contribution in [0.25, 0.3) is 0 Å². The number of likely N-dealkylation sites (tertiary alicyclic amines) is 1. The molecule has 1 aromatic carbocycles. The molecule has 0 saturated carbocycles. The van der Waals surface area contributed by atoms with Crippen molar-refractivity contribution in [1.82, 2.24) is 15.5 Å². The first-order valence-corrected chi connectivity index (χ1v) is 7.92. The standard InChI is InChI=1S/C17H25N3O2.ClH/c1-18-12-15-7-9-20(10-8-15)17(22)13-19-16(21)11-14-5-3-2-4-6-14;/h2-6,15,18H,7-13H2,1H3,(H,19,21);1H. The van der Waals surface area contributed by atoms with Crippen molar-refractivity contribution in [2.75, 3.05) is 33.2 Å². The van der Waals surface area contributed by atoms with Gasteiger partial charge >= 0.3 is 0 Å². The summed E-state index contributed by atoms with van der Waals surface area (Å²) in [4.78, 5) is 25.8. The Morgan fingerprint density at radius 2 is 1.83 bits per heavy atom. The van der Waals surface area contributed by atoms with Gasteiger partial charge in [0.25, 0.3) is 0 Å². The summed E-state index contributed by atoms with van der Waals surface area (Å²) in [5, 5.41) is 5.91. The minimum atomic E-state index is -0.107. The maximum absolute atomic E-state index is 12.1. The van der Waals surface area contributed by atoms with Gasteiger partial charge in [0.1, 0.15) is 0 Å². The van der Waals surface area contributed by atoms with E-state index in [2.05, 4.69) is 10.6 Å². The van der Waals surface area contributed by atoms with Crippen LogP contribution in [0.5, 0.6) is 0 Å². The first-order chi connectivity index (χ1) is 10.7. The summed E-state index contributed by atoms with van der Waals surface area (Å²) in [6.45, 7) is 2.69. The van der Waals surface area contributed by atoms with E-state index in [1.165, 1.54) is 0 Å². The molecule has 0 unspecified atom stereocenters. The minimum absolute atomic E-state index is 0. The van der Waals surface area contributed by atoms with E-state index in [9.17, 15) is 9.59 Å². The highest BCUT2D eigenvalue weighted by molar-refractivity contribution is 5.86. The third kappa shape index (κ3) is 6.59. The maximum Gasteiger partial charge on any atom is 0.241 e. The Bertz CT molecular complexity index is 488. The van der Waals surface area contributed by atoms with Crippen LogP contribution >= 0.6 is 12.4 Å². The third-order valence-electron chi connectivity index (χ3n) is 4.10. The van der Waals surface area contributed by atoms with Gasteiger partial charge in [-0.05, 0) is 37.9 Å². The molecule has 2 amide bonds. The Kier molecular flexibility index (Phi) is 8.66. The number of hydrogen-bond donors (Lipinski definition) is 2. The lowest BCUT2D eigenvalue weighted by Crippen LogP contribution is -2.45. The van der Waals surface area contributed by atoms with E-state index in [4.69, 9.17) is 0 Å². The van der Waals surface area contributed by atoms with E-state index >= 15 is 0 Å². The van der Waals surface area contributed by atoms with Gasteiger partial charge in [0.15, 0.2) is 0 Å². The minimum Gasteiger partial charge on any atom is -0.347 e. The van der Waals surface area contributed by atoms with E-state index in [1.54, 1.807) is 0 Å². The molecular weight excluding hydrogens is 314 g/mol. The molecule has 5 nitrogen and oxygen atoms in total. The highest BCUT2D eigenvalue weighted by Crippen LogP contribution is 2.16. The van der Waals surface area contributed by atoms with Crippen LogP contribution in [0.1, 0.15) is 18.4 Å². The van der Waals surface area contributed by atoms with Crippen molar-refractivity contribution in [2.45, 2.75) is 19.3 Å². The average Bonchev–Trinajstić information content (AvgIpc) is 2.54. The highest BCUT2D eigenvalue weighted by atomic mass is 35.5. The molecule has 1 aliphatic heterocycles. The predicted octanol–water partition coefficient (Wildman–Crippen LogP) is 1.23. The van der Waals surface area contributed by atoms with Gasteiger partial charge in [0.05, 0.1) is 13.0 Å². The fraction of sp³-hybridized carbons (Fsp3) is 0.529. The van der Waals surface area contributed by atoms with Gasteiger partial charge < -0.3 is 15.5 Å². The number of nitrogens with zero attached hydrogens (tertiary/aromatic N) is 1. The number of piperidine rings is 1. The molecule has 0 aliphatic carbocycles. The molecule has 1 aromatic rings. The molecule has 2 rings (SSSR count). The summed E-state index contributed by atoms with van der Waals surface area (Å²) in [6, 6.07) is 9.55. The largest absolute Gasteiger partial charge is 0.347 e. The lowest BCUT2D eigenvalue weighted by molar-refractivity contribution is -0.133. The Morgan fingerprint density at radius 1 is 1.17 bits per heavy atom. The Morgan fingerprint density at radius 3 is 2.43 bits per heavy atom. The molecule has 2 N–H and O–H groups in total. The highest BCUT2D eigenvalue weighted by Gasteiger charge is 2.22. The van der Waals surface area contributed by atoms with Crippen LogP contribution in [0.15, 0.2) is 30.3 Å². The molecule has 6 heteroatoms. The topological polar surface area (TPSA) is 61.4 Å². The van der Waals surface area contributed by atoms with Crippen LogP contribution in [0, 0.1) is 5.92 Å². The van der Waals surface area contributed by atoms with Crippen LogP contribution in [0.2, 0.25) is 0 Å². The molecule has 1 saturated heterocycles. The number of halogens is 1. The van der Waals surface area contributed by atoms with Crippen molar-refractivity contribution in [3.8, 4) is 0 Å². The molecule has 0 atom stereocenters. The SMILES string of the molecule is CNCC1CCN(C(=O)CNC(=O)Cc2ccccc2)CC1.Cl. The fourth-order valence-corrected chi connectivity index (χ4v) is 2.80. The summed E-state index contributed by atoms with van der Waals surface area (Å²) in [5.41, 5.74) is 0.959. The molecular formula is C17H26ClN3O2. The molecule has 1 heterocycles. The monoisotopic (exact) mass is 339 g/mol. The van der Waals surface area contributed by atoms with E-state index in [0.717, 1.165) is 38.0 Å². The average molecular weight is 340 g/mol. The molecule has 0 aromatic heterocycles. The predicted molar refractivity (Wildman–Crippen MR) is 93.6 cm³/mol. The number of carbonyl (C=O) groups excluding carboxylic acids is 2. The van der Waals surface area contributed by atoms with E-state index < -0.39 is 0 Å². The zero-order valence-corrected chi connectivity index (χ0v) is 14.4. The number of carbonyl (C=O) groups is 2. The number of nitrogens with one attached hydrogen (secondary N) is 2. The second-order valence-electron chi connectivity index (χ2n) is 5.82. The molecule has 128 valence electrons. The number of hydrogen-bond acceptors (Lipinski definition) is 3. The van der Waals surface area contributed by atoms with Crippen LogP contribution in [0.3, 0.4) is 0 Å². The zero-order chi connectivity index (χ0) is 15.8. The maximum atomic E-state index is 12.1. The van der Waals surface area contributed by atoms with E-state index in [1.807, 2.05) is 42.3 Å². The number of rotatable bonds is 6. The van der Waals surface area contributed by atoms with Crippen molar-refractivity contribution in [2.24, 2.45) is 5.92 Å². The lowest BCUT2D eigenvalue weighted by Gasteiger charge is -2.32. The Balaban J connectivity index is 0.00000264. The van der Waals surface area contributed by atoms with Crippen molar-refractivity contribution < 1.29 is 9.59 Å². The molecule has 1 fully saturated rings.